The fourth-order valence-electron chi connectivity index (χ4n) is 8.83. The minimum absolute atomic E-state index is 0.147. The van der Waals surface area contributed by atoms with Crippen molar-refractivity contribution in [2.24, 2.45) is 5.92 Å². The Balaban J connectivity index is 0.969. The summed E-state index contributed by atoms with van der Waals surface area (Å²) >= 11 is 1.88. The molecule has 2 unspecified atom stereocenters. The smallest absolute Gasteiger partial charge is 0.0465 e. The van der Waals surface area contributed by atoms with Crippen LogP contribution < -0.4 is 4.90 Å². The molecular formula is C51H41NS. The van der Waals surface area contributed by atoms with Crippen LogP contribution in [0.1, 0.15) is 49.3 Å². The number of nitrogens with zero attached hydrogens (tertiary/aromatic N) is 1. The van der Waals surface area contributed by atoms with Crippen LogP contribution in [-0.2, 0) is 5.41 Å². The van der Waals surface area contributed by atoms with Gasteiger partial charge in [-0.2, -0.15) is 0 Å². The van der Waals surface area contributed by atoms with Crippen LogP contribution in [0.5, 0.6) is 0 Å². The Hall–Kier alpha value is -5.70. The highest BCUT2D eigenvalue weighted by Crippen LogP contribution is 2.52. The molecule has 0 spiro atoms. The molecule has 6 aromatic carbocycles. The molecular weight excluding hydrogens is 659 g/mol. The van der Waals surface area contributed by atoms with Crippen molar-refractivity contribution in [3.05, 3.63) is 198 Å². The number of fused-ring (bicyclic) bond motifs is 6. The molecule has 3 aliphatic carbocycles. The molecule has 1 heterocycles. The first-order valence-electron chi connectivity index (χ1n) is 18.9. The van der Waals surface area contributed by atoms with Gasteiger partial charge in [0.25, 0.3) is 0 Å². The summed E-state index contributed by atoms with van der Waals surface area (Å²) in [5.74, 6) is 0.908. The van der Waals surface area contributed by atoms with Crippen LogP contribution >= 0.6 is 11.3 Å². The van der Waals surface area contributed by atoms with E-state index in [4.69, 9.17) is 0 Å². The highest BCUT2D eigenvalue weighted by molar-refractivity contribution is 7.25. The van der Waals surface area contributed by atoms with E-state index in [1.165, 1.54) is 76.1 Å². The molecule has 2 heteroatoms. The number of allylic oxidation sites excluding steroid dienone is 8. The van der Waals surface area contributed by atoms with E-state index in [0.717, 1.165) is 18.5 Å². The molecule has 7 aromatic rings. The second-order valence-corrected chi connectivity index (χ2v) is 16.3. The van der Waals surface area contributed by atoms with Gasteiger partial charge in [-0.25, -0.2) is 0 Å². The van der Waals surface area contributed by atoms with Crippen LogP contribution in [0.15, 0.2) is 182 Å². The highest BCUT2D eigenvalue weighted by atomic mass is 32.1. The zero-order valence-electron chi connectivity index (χ0n) is 30.2. The Bertz CT molecular complexity index is 2650. The minimum atomic E-state index is -0.147. The molecule has 1 aromatic heterocycles. The topological polar surface area (TPSA) is 3.24 Å². The third-order valence-corrected chi connectivity index (χ3v) is 12.9. The summed E-state index contributed by atoms with van der Waals surface area (Å²) in [4.78, 5) is 2.41. The van der Waals surface area contributed by atoms with Gasteiger partial charge in [0.1, 0.15) is 0 Å². The van der Waals surface area contributed by atoms with Crippen molar-refractivity contribution in [3.63, 3.8) is 0 Å². The van der Waals surface area contributed by atoms with Gasteiger partial charge in [0.2, 0.25) is 0 Å². The maximum atomic E-state index is 2.44. The Morgan fingerprint density at radius 2 is 1.26 bits per heavy atom. The molecule has 1 nitrogen and oxygen atoms in total. The number of anilines is 3. The van der Waals surface area contributed by atoms with Gasteiger partial charge in [0.05, 0.1) is 0 Å². The Labute approximate surface area is 316 Å². The van der Waals surface area contributed by atoms with Gasteiger partial charge in [0, 0.05) is 54.5 Å². The fraction of sp³-hybridized carbons (Fsp3) is 0.137. The van der Waals surface area contributed by atoms with E-state index in [0.29, 0.717) is 11.8 Å². The van der Waals surface area contributed by atoms with Gasteiger partial charge in [-0.1, -0.05) is 129 Å². The largest absolute Gasteiger partial charge is 0.310 e. The molecule has 0 saturated heterocycles. The monoisotopic (exact) mass is 699 g/mol. The van der Waals surface area contributed by atoms with E-state index < -0.39 is 0 Å². The Morgan fingerprint density at radius 1 is 0.566 bits per heavy atom. The molecule has 0 saturated carbocycles. The van der Waals surface area contributed by atoms with Crippen molar-refractivity contribution in [2.75, 3.05) is 4.90 Å². The van der Waals surface area contributed by atoms with Crippen molar-refractivity contribution in [1.82, 2.24) is 0 Å². The summed E-state index contributed by atoms with van der Waals surface area (Å²) in [6, 6.07) is 50.0. The fourth-order valence-corrected chi connectivity index (χ4v) is 9.92. The molecule has 0 amide bonds. The summed E-state index contributed by atoms with van der Waals surface area (Å²) < 4.78 is 2.69. The minimum Gasteiger partial charge on any atom is -0.310 e. The standard InChI is InChI=1S/C51H41NS/c1-51(2)47-32-39(38-24-30-50-46(31-38)45-15-9-10-16-49(45)53-50)23-28-43(47)44-29-27-42(33-48(44)51)52(40-13-7-4-8-14-40)41-25-21-37(22-26-41)36-19-17-35(18-20-36)34-11-5-3-6-12-34/h3-11,13-19,21-34,36H,12,20H2,1-2H3. The quantitative estimate of drug-likeness (QED) is 0.167. The van der Waals surface area contributed by atoms with E-state index in [9.17, 15) is 0 Å². The number of benzene rings is 6. The molecule has 256 valence electrons. The third-order valence-electron chi connectivity index (χ3n) is 11.8. The number of hydrogen-bond acceptors (Lipinski definition) is 2. The van der Waals surface area contributed by atoms with Gasteiger partial charge in [0.15, 0.2) is 0 Å². The molecule has 0 fully saturated rings. The van der Waals surface area contributed by atoms with E-state index in [-0.39, 0.29) is 5.41 Å². The van der Waals surface area contributed by atoms with Crippen LogP contribution in [0.4, 0.5) is 17.1 Å². The Kier molecular flexibility index (Phi) is 7.70. The Morgan fingerprint density at radius 3 is 2.06 bits per heavy atom. The van der Waals surface area contributed by atoms with Crippen molar-refractivity contribution in [2.45, 2.75) is 38.0 Å². The van der Waals surface area contributed by atoms with E-state index in [2.05, 4.69) is 195 Å². The molecule has 2 atom stereocenters. The van der Waals surface area contributed by atoms with Gasteiger partial charge in [-0.05, 0) is 118 Å². The summed E-state index contributed by atoms with van der Waals surface area (Å²) in [6.45, 7) is 4.78. The van der Waals surface area contributed by atoms with E-state index >= 15 is 0 Å². The van der Waals surface area contributed by atoms with Gasteiger partial charge < -0.3 is 4.90 Å². The lowest BCUT2D eigenvalue weighted by atomic mass is 9.81. The van der Waals surface area contributed by atoms with E-state index in [1.54, 1.807) is 0 Å². The highest BCUT2D eigenvalue weighted by Gasteiger charge is 2.36. The molecule has 3 aliphatic rings. The number of para-hydroxylation sites is 1. The second kappa shape index (κ2) is 12.8. The van der Waals surface area contributed by atoms with E-state index in [1.807, 2.05) is 11.3 Å². The van der Waals surface area contributed by atoms with Crippen molar-refractivity contribution >= 4 is 48.6 Å². The zero-order chi connectivity index (χ0) is 35.5. The summed E-state index contributed by atoms with van der Waals surface area (Å²) in [5, 5.41) is 2.69. The maximum Gasteiger partial charge on any atom is 0.0465 e. The zero-order valence-corrected chi connectivity index (χ0v) is 31.0. The van der Waals surface area contributed by atoms with Crippen LogP contribution in [0.25, 0.3) is 42.4 Å². The first-order chi connectivity index (χ1) is 26.0. The molecule has 53 heavy (non-hydrogen) atoms. The number of thiophene rings is 1. The van der Waals surface area contributed by atoms with Crippen molar-refractivity contribution < 1.29 is 0 Å². The predicted octanol–water partition coefficient (Wildman–Crippen LogP) is 14.6. The van der Waals surface area contributed by atoms with Gasteiger partial charge in [-0.15, -0.1) is 11.3 Å². The van der Waals surface area contributed by atoms with Crippen LogP contribution in [-0.4, -0.2) is 0 Å². The lowest BCUT2D eigenvalue weighted by molar-refractivity contribution is 0.660. The second-order valence-electron chi connectivity index (χ2n) is 15.2. The predicted molar refractivity (Wildman–Crippen MR) is 228 cm³/mol. The van der Waals surface area contributed by atoms with Crippen LogP contribution in [0, 0.1) is 5.92 Å². The van der Waals surface area contributed by atoms with Crippen molar-refractivity contribution in [3.8, 4) is 22.3 Å². The van der Waals surface area contributed by atoms with Crippen molar-refractivity contribution in [1.29, 1.82) is 0 Å². The summed E-state index contributed by atoms with van der Waals surface area (Å²) in [6.07, 6.45) is 18.3. The first kappa shape index (κ1) is 32.0. The molecule has 0 radical (unpaired) electrons. The average Bonchev–Trinajstić information content (AvgIpc) is 3.70. The SMILES string of the molecule is CC1(C)c2cc(-c3ccc4sc5ccccc5c4c3)ccc2-c2ccc(N(c3ccccc3)c3ccc(C4C=CC(C5C=CC=CC5)=CC4)cc3)cc21. The number of rotatable bonds is 6. The third kappa shape index (κ3) is 5.52. The summed E-state index contributed by atoms with van der Waals surface area (Å²) in [7, 11) is 0. The lowest BCUT2D eigenvalue weighted by Gasteiger charge is -2.28. The molecule has 0 N–H and O–H groups in total. The van der Waals surface area contributed by atoms with Gasteiger partial charge >= 0.3 is 0 Å². The van der Waals surface area contributed by atoms with Gasteiger partial charge in [-0.3, -0.25) is 0 Å². The maximum absolute atomic E-state index is 2.44. The summed E-state index contributed by atoms with van der Waals surface area (Å²) in [5.41, 5.74) is 14.1. The van der Waals surface area contributed by atoms with Crippen LogP contribution in [0.2, 0.25) is 0 Å². The normalized spacial score (nSPS) is 18.3. The molecule has 0 aliphatic heterocycles. The number of hydrogen-bond donors (Lipinski definition) is 0. The first-order valence-corrected chi connectivity index (χ1v) is 19.7. The molecule has 10 rings (SSSR count). The lowest BCUT2D eigenvalue weighted by Crippen LogP contribution is -2.16. The van der Waals surface area contributed by atoms with Crippen LogP contribution in [0.3, 0.4) is 0 Å². The molecule has 0 bridgehead atoms. The average molecular weight is 700 g/mol.